The average molecular weight is 605 g/mol. The van der Waals surface area contributed by atoms with Gasteiger partial charge in [-0.2, -0.15) is 0 Å². The summed E-state index contributed by atoms with van der Waals surface area (Å²) >= 11 is 7.11. The molecule has 0 saturated carbocycles. The van der Waals surface area contributed by atoms with Gasteiger partial charge < -0.3 is 10.1 Å². The molecular weight excluding hydrogens is 587 g/mol. The van der Waals surface area contributed by atoms with Gasteiger partial charge >= 0.3 is 0 Å². The van der Waals surface area contributed by atoms with Gasteiger partial charge in [-0.15, -0.1) is 0 Å². The maximum atomic E-state index is 12.5. The van der Waals surface area contributed by atoms with Crippen LogP contribution in [0.15, 0.2) is 81.1 Å². The molecule has 1 heterocycles. The molecule has 4 rings (SSSR count). The minimum atomic E-state index is -0.167. The highest BCUT2D eigenvalue weighted by molar-refractivity contribution is 14.1. The van der Waals surface area contributed by atoms with Gasteiger partial charge in [0.1, 0.15) is 12.4 Å². The third-order valence-corrected chi connectivity index (χ3v) is 6.60. The highest BCUT2D eigenvalue weighted by atomic mass is 127. The lowest BCUT2D eigenvalue weighted by molar-refractivity contribution is -0.115. The molecule has 1 aliphatic heterocycles. The molecule has 3 aromatic rings. The van der Waals surface area contributed by atoms with Crippen molar-refractivity contribution in [1.82, 2.24) is 5.32 Å². The molecule has 0 atom stereocenters. The van der Waals surface area contributed by atoms with Gasteiger partial charge in [0, 0.05) is 13.6 Å². The molecule has 7 heteroatoms. The number of carbonyl (C=O) groups excluding carboxylic acids is 1. The van der Waals surface area contributed by atoms with Crippen molar-refractivity contribution < 1.29 is 9.53 Å². The number of aryl methyl sites for hydroxylation is 1. The first kappa shape index (κ1) is 22.1. The Morgan fingerprint density at radius 1 is 1.10 bits per heavy atom. The molecule has 0 aromatic heterocycles. The molecule has 0 radical (unpaired) electrons. The number of nitrogens with zero attached hydrogens (tertiary/aromatic N) is 1. The van der Waals surface area contributed by atoms with Crippen molar-refractivity contribution in [2.45, 2.75) is 13.5 Å². The van der Waals surface area contributed by atoms with Gasteiger partial charge in [0.2, 0.25) is 0 Å². The largest absolute Gasteiger partial charge is 0.488 e. The predicted molar refractivity (Wildman–Crippen MR) is 140 cm³/mol. The van der Waals surface area contributed by atoms with E-state index in [1.54, 1.807) is 0 Å². The second-order valence-corrected chi connectivity index (χ2v) is 10.1. The van der Waals surface area contributed by atoms with Gasteiger partial charge in [0.15, 0.2) is 5.17 Å². The van der Waals surface area contributed by atoms with Crippen molar-refractivity contribution in [3.8, 4) is 5.75 Å². The van der Waals surface area contributed by atoms with Crippen LogP contribution < -0.4 is 10.1 Å². The number of rotatable bonds is 5. The summed E-state index contributed by atoms with van der Waals surface area (Å²) in [5, 5.41) is 3.40. The fourth-order valence-corrected chi connectivity index (χ4v) is 4.43. The zero-order valence-corrected chi connectivity index (χ0v) is 21.1. The third kappa shape index (κ3) is 5.99. The number of aliphatic imine (C=N–C) groups is 1. The van der Waals surface area contributed by atoms with Gasteiger partial charge in [-0.3, -0.25) is 4.79 Å². The number of carbonyl (C=O) groups is 1. The summed E-state index contributed by atoms with van der Waals surface area (Å²) in [6, 6.07) is 21.8. The van der Waals surface area contributed by atoms with Gasteiger partial charge in [0.05, 0.1) is 10.6 Å². The standard InChI is InChI=1S/C24H18BrIN2O2S/c1-15-2-9-20(10-3-15)27-24-28-23(29)22(31-24)13-17-12-18(25)6-11-21(17)30-14-16-4-7-19(26)8-5-16/h2-13H,14H2,1H3,(H,27,28,29)/b22-13+. The number of benzene rings is 3. The average Bonchev–Trinajstić information content (AvgIpc) is 3.09. The normalized spacial score (nSPS) is 16.0. The summed E-state index contributed by atoms with van der Waals surface area (Å²) < 4.78 is 8.16. The summed E-state index contributed by atoms with van der Waals surface area (Å²) in [6.07, 6.45) is 1.84. The van der Waals surface area contributed by atoms with Crippen LogP contribution in [-0.4, -0.2) is 11.1 Å². The topological polar surface area (TPSA) is 50.7 Å². The Hall–Kier alpha value is -2.10. The van der Waals surface area contributed by atoms with Crippen LogP contribution in [-0.2, 0) is 11.4 Å². The number of amides is 1. The second kappa shape index (κ2) is 10.0. The summed E-state index contributed by atoms with van der Waals surface area (Å²) in [4.78, 5) is 17.6. The van der Waals surface area contributed by atoms with E-state index in [1.165, 1.54) is 20.9 Å². The zero-order chi connectivity index (χ0) is 21.8. The summed E-state index contributed by atoms with van der Waals surface area (Å²) in [6.45, 7) is 2.48. The van der Waals surface area contributed by atoms with Crippen LogP contribution in [0.4, 0.5) is 5.69 Å². The van der Waals surface area contributed by atoms with Crippen LogP contribution in [0.2, 0.25) is 0 Å². The first-order chi connectivity index (χ1) is 15.0. The highest BCUT2D eigenvalue weighted by Crippen LogP contribution is 2.32. The minimum absolute atomic E-state index is 0.167. The quantitative estimate of drug-likeness (QED) is 0.256. The van der Waals surface area contributed by atoms with Crippen molar-refractivity contribution in [1.29, 1.82) is 0 Å². The van der Waals surface area contributed by atoms with E-state index in [1.807, 2.05) is 67.6 Å². The maximum Gasteiger partial charge on any atom is 0.264 e. The van der Waals surface area contributed by atoms with Crippen LogP contribution >= 0.6 is 50.3 Å². The molecule has 1 fully saturated rings. The molecular formula is C24H18BrIN2O2S. The number of halogens is 2. The smallest absolute Gasteiger partial charge is 0.264 e. The molecule has 1 N–H and O–H groups in total. The number of thioether (sulfide) groups is 1. The highest BCUT2D eigenvalue weighted by Gasteiger charge is 2.24. The van der Waals surface area contributed by atoms with Gasteiger partial charge in [-0.05, 0) is 95.4 Å². The van der Waals surface area contributed by atoms with E-state index in [2.05, 4.69) is 61.0 Å². The Bertz CT molecular complexity index is 1180. The number of hydrogen-bond acceptors (Lipinski definition) is 4. The monoisotopic (exact) mass is 604 g/mol. The second-order valence-electron chi connectivity index (χ2n) is 6.91. The molecule has 1 saturated heterocycles. The van der Waals surface area contributed by atoms with Crippen LogP contribution in [0.5, 0.6) is 5.75 Å². The maximum absolute atomic E-state index is 12.5. The lowest BCUT2D eigenvalue weighted by atomic mass is 10.2. The van der Waals surface area contributed by atoms with E-state index >= 15 is 0 Å². The SMILES string of the molecule is Cc1ccc(N=C2NC(=O)/C(=C\c3cc(Br)ccc3OCc3ccc(I)cc3)S2)cc1. The third-order valence-electron chi connectivity index (χ3n) is 4.48. The molecule has 31 heavy (non-hydrogen) atoms. The molecule has 156 valence electrons. The van der Waals surface area contributed by atoms with E-state index in [4.69, 9.17) is 4.74 Å². The number of nitrogens with one attached hydrogen (secondary N) is 1. The van der Waals surface area contributed by atoms with Gasteiger partial charge in [-0.1, -0.05) is 45.8 Å². The lowest BCUT2D eigenvalue weighted by Gasteiger charge is -2.10. The lowest BCUT2D eigenvalue weighted by Crippen LogP contribution is -2.19. The summed E-state index contributed by atoms with van der Waals surface area (Å²) in [5.41, 5.74) is 3.88. The van der Waals surface area contributed by atoms with E-state index < -0.39 is 0 Å². The molecule has 0 aliphatic carbocycles. The minimum Gasteiger partial charge on any atom is -0.488 e. The predicted octanol–water partition coefficient (Wildman–Crippen LogP) is 6.83. The van der Waals surface area contributed by atoms with Crippen molar-refractivity contribution in [3.63, 3.8) is 0 Å². The number of amidine groups is 1. The van der Waals surface area contributed by atoms with Crippen molar-refractivity contribution in [3.05, 3.63) is 96.4 Å². The Kier molecular flexibility index (Phi) is 7.14. The van der Waals surface area contributed by atoms with Crippen LogP contribution in [0, 0.1) is 10.5 Å². The fourth-order valence-electron chi connectivity index (χ4n) is 2.86. The summed E-state index contributed by atoms with van der Waals surface area (Å²) in [5.74, 6) is 0.547. The van der Waals surface area contributed by atoms with Crippen molar-refractivity contribution in [2.75, 3.05) is 0 Å². The Labute approximate surface area is 207 Å². The molecule has 3 aromatic carbocycles. The molecule has 0 unspecified atom stereocenters. The molecule has 0 spiro atoms. The molecule has 1 amide bonds. The van der Waals surface area contributed by atoms with Crippen molar-refractivity contribution in [2.24, 2.45) is 4.99 Å². The van der Waals surface area contributed by atoms with Gasteiger partial charge in [-0.25, -0.2) is 4.99 Å². The number of ether oxygens (including phenoxy) is 1. The Morgan fingerprint density at radius 2 is 1.84 bits per heavy atom. The van der Waals surface area contributed by atoms with E-state index in [9.17, 15) is 4.79 Å². The number of hydrogen-bond donors (Lipinski definition) is 1. The Balaban J connectivity index is 1.54. The molecule has 0 bridgehead atoms. The van der Waals surface area contributed by atoms with Crippen molar-refractivity contribution >= 4 is 73.1 Å². The van der Waals surface area contributed by atoms with Gasteiger partial charge in [0.25, 0.3) is 5.91 Å². The van der Waals surface area contributed by atoms with Crippen LogP contribution in [0.1, 0.15) is 16.7 Å². The van der Waals surface area contributed by atoms with Crippen LogP contribution in [0.3, 0.4) is 0 Å². The van der Waals surface area contributed by atoms with E-state index in [-0.39, 0.29) is 5.91 Å². The van der Waals surface area contributed by atoms with Crippen LogP contribution in [0.25, 0.3) is 6.08 Å². The fraction of sp³-hybridized carbons (Fsp3) is 0.0833. The molecule has 1 aliphatic rings. The first-order valence-corrected chi connectivity index (χ1v) is 12.2. The Morgan fingerprint density at radius 3 is 2.58 bits per heavy atom. The molecule has 4 nitrogen and oxygen atoms in total. The van der Waals surface area contributed by atoms with E-state index in [0.717, 1.165) is 21.3 Å². The summed E-state index contributed by atoms with van der Waals surface area (Å²) in [7, 11) is 0. The first-order valence-electron chi connectivity index (χ1n) is 9.49. The zero-order valence-electron chi connectivity index (χ0n) is 16.6. The van der Waals surface area contributed by atoms with E-state index in [0.29, 0.717) is 22.4 Å².